The number of fused-ring (bicyclic) bond motifs is 1. The van der Waals surface area contributed by atoms with E-state index in [2.05, 4.69) is 0 Å². The fourth-order valence-corrected chi connectivity index (χ4v) is 5.70. The number of hydrogen-bond acceptors (Lipinski definition) is 2. The maximum absolute atomic E-state index is 6.72. The molecule has 1 heterocycles. The van der Waals surface area contributed by atoms with Gasteiger partial charge in [-0.1, -0.05) is 58.6 Å². The van der Waals surface area contributed by atoms with Crippen molar-refractivity contribution < 1.29 is 9.47 Å². The lowest BCUT2D eigenvalue weighted by Gasteiger charge is -2.63. The van der Waals surface area contributed by atoms with E-state index in [1.54, 1.807) is 19.1 Å². The third-order valence-electron chi connectivity index (χ3n) is 4.51. The molecule has 1 aliphatic heterocycles. The number of hydrogen-bond donors (Lipinski definition) is 0. The van der Waals surface area contributed by atoms with Gasteiger partial charge in [0.05, 0.1) is 13.2 Å². The highest BCUT2D eigenvalue weighted by Crippen LogP contribution is 2.72. The van der Waals surface area contributed by atoms with Crippen LogP contribution < -0.4 is 0 Å². The van der Waals surface area contributed by atoms with E-state index in [1.165, 1.54) is 0 Å². The molecule has 0 aromatic rings. The Morgan fingerprint density at radius 2 is 1.15 bits per heavy atom. The third-order valence-corrected chi connectivity index (χ3v) is 9.05. The van der Waals surface area contributed by atoms with Gasteiger partial charge in [-0.05, 0) is 6.92 Å². The van der Waals surface area contributed by atoms with Crippen LogP contribution in [0.4, 0.5) is 0 Å². The molecule has 4 rings (SSSR count). The maximum atomic E-state index is 6.72. The zero-order valence-electron chi connectivity index (χ0n) is 10.4. The predicted octanol–water partition coefficient (Wildman–Crippen LogP) is 4.50. The molecule has 114 valence electrons. The first-order valence-electron chi connectivity index (χ1n) is 6.15. The second-order valence-electron chi connectivity index (χ2n) is 5.47. The smallest absolute Gasteiger partial charge is 0.175 e. The highest BCUT2D eigenvalue weighted by molar-refractivity contribution is 6.68. The number of ether oxygens (including phenoxy) is 2. The molecule has 0 amide bonds. The van der Waals surface area contributed by atoms with Gasteiger partial charge in [0, 0.05) is 11.8 Å². The van der Waals surface area contributed by atoms with Gasteiger partial charge >= 0.3 is 0 Å². The Morgan fingerprint density at radius 3 is 1.50 bits per heavy atom. The molecule has 1 saturated heterocycles. The molecule has 8 heteroatoms. The molecular formula is C12H12Cl6O2. The van der Waals surface area contributed by atoms with Gasteiger partial charge in [-0.15, -0.1) is 23.2 Å². The summed E-state index contributed by atoms with van der Waals surface area (Å²) in [6, 6.07) is 0. The Labute approximate surface area is 147 Å². The maximum Gasteiger partial charge on any atom is 0.175 e. The van der Waals surface area contributed by atoms with Gasteiger partial charge in [0.15, 0.2) is 15.0 Å². The summed E-state index contributed by atoms with van der Waals surface area (Å²) in [5.74, 6) is -0.505. The molecule has 2 bridgehead atoms. The van der Waals surface area contributed by atoms with Crippen LogP contribution in [0.15, 0.2) is 12.2 Å². The van der Waals surface area contributed by atoms with Gasteiger partial charge in [0.1, 0.15) is 9.75 Å². The van der Waals surface area contributed by atoms with E-state index in [0.717, 1.165) is 0 Å². The normalized spacial score (nSPS) is 52.5. The van der Waals surface area contributed by atoms with Crippen molar-refractivity contribution in [3.8, 4) is 0 Å². The standard InChI is InChI=1S/C12H12Cl6O2/c1-6-19-4-7-8(5-20-6)10(14)3-2-9(7,13)11(15,16)12(10,17)18/h2-3,6-8H,4-5H2,1H3/t6?,7-,8+,9-,10+. The molecule has 1 unspecified atom stereocenters. The van der Waals surface area contributed by atoms with Crippen LogP contribution in [-0.2, 0) is 9.47 Å². The molecule has 5 atom stereocenters. The molecule has 2 fully saturated rings. The van der Waals surface area contributed by atoms with Crippen LogP contribution in [0.25, 0.3) is 0 Å². The predicted molar refractivity (Wildman–Crippen MR) is 83.5 cm³/mol. The fourth-order valence-electron chi connectivity index (χ4n) is 3.23. The zero-order valence-corrected chi connectivity index (χ0v) is 14.9. The Balaban J connectivity index is 2.17. The van der Waals surface area contributed by atoms with Crippen molar-refractivity contribution in [2.75, 3.05) is 13.2 Å². The van der Waals surface area contributed by atoms with E-state index < -0.39 is 18.4 Å². The lowest BCUT2D eigenvalue weighted by Crippen LogP contribution is -2.75. The molecule has 20 heavy (non-hydrogen) atoms. The van der Waals surface area contributed by atoms with Crippen LogP contribution in [0.3, 0.4) is 0 Å². The van der Waals surface area contributed by atoms with Crippen molar-refractivity contribution in [1.82, 2.24) is 0 Å². The average molecular weight is 401 g/mol. The molecule has 0 radical (unpaired) electrons. The number of rotatable bonds is 0. The van der Waals surface area contributed by atoms with Crippen molar-refractivity contribution >= 4 is 69.6 Å². The van der Waals surface area contributed by atoms with E-state index in [0.29, 0.717) is 13.2 Å². The van der Waals surface area contributed by atoms with Gasteiger partial charge < -0.3 is 9.47 Å². The van der Waals surface area contributed by atoms with Gasteiger partial charge in [-0.3, -0.25) is 0 Å². The van der Waals surface area contributed by atoms with E-state index >= 15 is 0 Å². The average Bonchev–Trinajstić information content (AvgIpc) is 2.55. The van der Waals surface area contributed by atoms with Crippen molar-refractivity contribution in [3.05, 3.63) is 12.2 Å². The van der Waals surface area contributed by atoms with Crippen LogP contribution in [0.2, 0.25) is 0 Å². The minimum absolute atomic E-state index is 0.253. The quantitative estimate of drug-likeness (QED) is 0.440. The summed E-state index contributed by atoms with van der Waals surface area (Å²) in [5, 5.41) is 0. The minimum atomic E-state index is -1.65. The van der Waals surface area contributed by atoms with Gasteiger partial charge in [0.25, 0.3) is 0 Å². The second-order valence-corrected chi connectivity index (χ2v) is 9.37. The van der Waals surface area contributed by atoms with E-state index in [4.69, 9.17) is 79.1 Å². The van der Waals surface area contributed by atoms with E-state index in [-0.39, 0.29) is 18.1 Å². The molecule has 2 nitrogen and oxygen atoms in total. The summed E-state index contributed by atoms with van der Waals surface area (Å²) in [7, 11) is 0. The molecule has 0 aromatic carbocycles. The number of allylic oxidation sites excluding steroid dienone is 2. The van der Waals surface area contributed by atoms with Crippen LogP contribution >= 0.6 is 69.6 Å². The molecule has 0 N–H and O–H groups in total. The molecule has 0 spiro atoms. The monoisotopic (exact) mass is 398 g/mol. The highest BCUT2D eigenvalue weighted by Gasteiger charge is 2.79. The lowest BCUT2D eigenvalue weighted by atomic mass is 9.60. The molecule has 4 aliphatic rings. The summed E-state index contributed by atoms with van der Waals surface area (Å²) in [4.78, 5) is -2.34. The van der Waals surface area contributed by atoms with Crippen LogP contribution in [0, 0.1) is 11.8 Å². The van der Waals surface area contributed by atoms with Gasteiger partial charge in [0.2, 0.25) is 0 Å². The third kappa shape index (κ3) is 1.74. The van der Waals surface area contributed by atoms with Crippen molar-refractivity contribution in [3.63, 3.8) is 0 Å². The first-order valence-corrected chi connectivity index (χ1v) is 8.42. The van der Waals surface area contributed by atoms with Crippen LogP contribution in [-0.4, -0.2) is 37.9 Å². The fraction of sp³-hybridized carbons (Fsp3) is 0.833. The molecule has 0 aromatic heterocycles. The second kappa shape index (κ2) is 4.70. The Bertz CT molecular complexity index is 427. The SMILES string of the molecule is CC1OC[C@@H]2[C@H](CO1)[C@@]1(Cl)C=C[C@]2(Cl)C(Cl)(Cl)C1(Cl)Cl. The van der Waals surface area contributed by atoms with Crippen LogP contribution in [0.1, 0.15) is 6.92 Å². The van der Waals surface area contributed by atoms with Gasteiger partial charge in [-0.25, -0.2) is 0 Å². The summed E-state index contributed by atoms with van der Waals surface area (Å²) >= 11 is 39.2. The Morgan fingerprint density at radius 1 is 0.800 bits per heavy atom. The van der Waals surface area contributed by atoms with Crippen LogP contribution in [0.5, 0.6) is 0 Å². The number of alkyl halides is 6. The first kappa shape index (κ1) is 16.3. The summed E-state index contributed by atoms with van der Waals surface area (Å²) in [6.07, 6.45) is 3.01. The molecular weight excluding hydrogens is 389 g/mol. The number of halogens is 6. The largest absolute Gasteiger partial charge is 0.353 e. The Hall–Kier alpha value is 1.40. The first-order chi connectivity index (χ1) is 9.08. The Kier molecular flexibility index (Phi) is 3.83. The van der Waals surface area contributed by atoms with Crippen molar-refractivity contribution in [1.29, 1.82) is 0 Å². The van der Waals surface area contributed by atoms with Crippen molar-refractivity contribution in [2.45, 2.75) is 31.6 Å². The highest BCUT2D eigenvalue weighted by atomic mass is 35.5. The van der Waals surface area contributed by atoms with E-state index in [9.17, 15) is 0 Å². The minimum Gasteiger partial charge on any atom is -0.353 e. The molecule has 1 saturated carbocycles. The topological polar surface area (TPSA) is 18.5 Å². The molecule has 3 aliphatic carbocycles. The summed E-state index contributed by atoms with van der Waals surface area (Å²) in [5.41, 5.74) is 0. The van der Waals surface area contributed by atoms with Crippen molar-refractivity contribution in [2.24, 2.45) is 11.8 Å². The van der Waals surface area contributed by atoms with E-state index in [1.807, 2.05) is 0 Å². The lowest BCUT2D eigenvalue weighted by molar-refractivity contribution is -0.117. The summed E-state index contributed by atoms with van der Waals surface area (Å²) < 4.78 is 7.88. The summed E-state index contributed by atoms with van der Waals surface area (Å²) in [6.45, 7) is 2.44. The van der Waals surface area contributed by atoms with Gasteiger partial charge in [-0.2, -0.15) is 0 Å². The zero-order chi connectivity index (χ0) is 15.0.